The molecule has 2 aliphatic rings. The van der Waals surface area contributed by atoms with Gasteiger partial charge in [-0.25, -0.2) is 0 Å². The SMILES string of the molecule is C=CC1C2C=CC(C2=O)C1C=C. The van der Waals surface area contributed by atoms with Crippen LogP contribution in [0.1, 0.15) is 0 Å². The van der Waals surface area contributed by atoms with Crippen LogP contribution in [-0.2, 0) is 4.79 Å². The van der Waals surface area contributed by atoms with E-state index >= 15 is 0 Å². The normalized spacial score (nSPS) is 43.5. The Morgan fingerprint density at radius 2 is 1.50 bits per heavy atom. The van der Waals surface area contributed by atoms with Gasteiger partial charge in [0.15, 0.2) is 0 Å². The van der Waals surface area contributed by atoms with E-state index in [4.69, 9.17) is 0 Å². The van der Waals surface area contributed by atoms with Gasteiger partial charge in [-0.1, -0.05) is 24.3 Å². The van der Waals surface area contributed by atoms with Crippen LogP contribution in [0.2, 0.25) is 0 Å². The molecular weight excluding hydrogens is 148 g/mol. The second-order valence-corrected chi connectivity index (χ2v) is 3.46. The molecule has 0 saturated heterocycles. The summed E-state index contributed by atoms with van der Waals surface area (Å²) in [6, 6.07) is 0. The Kier molecular flexibility index (Phi) is 1.53. The summed E-state index contributed by atoms with van der Waals surface area (Å²) in [6.45, 7) is 7.52. The average Bonchev–Trinajstić information content (AvgIpc) is 2.58. The van der Waals surface area contributed by atoms with Gasteiger partial charge in [0.25, 0.3) is 0 Å². The van der Waals surface area contributed by atoms with Gasteiger partial charge in [0.05, 0.1) is 0 Å². The summed E-state index contributed by atoms with van der Waals surface area (Å²) in [5, 5.41) is 0. The van der Waals surface area contributed by atoms with Crippen molar-refractivity contribution in [3.05, 3.63) is 37.5 Å². The Morgan fingerprint density at radius 1 is 1.08 bits per heavy atom. The highest BCUT2D eigenvalue weighted by molar-refractivity contribution is 5.92. The monoisotopic (exact) mass is 160 g/mol. The third-order valence-corrected chi connectivity index (χ3v) is 3.00. The summed E-state index contributed by atoms with van der Waals surface area (Å²) < 4.78 is 0. The van der Waals surface area contributed by atoms with E-state index in [-0.39, 0.29) is 11.8 Å². The molecule has 0 N–H and O–H groups in total. The standard InChI is InChI=1S/C11H12O/c1-3-7-8(4-2)10-6-5-9(7)11(10)12/h3-10H,1-2H2. The number of Topliss-reactive ketones (excluding diaryl/α,β-unsaturated/α-hetero) is 1. The van der Waals surface area contributed by atoms with E-state index in [9.17, 15) is 4.79 Å². The first-order valence-corrected chi connectivity index (χ1v) is 4.26. The van der Waals surface area contributed by atoms with Crippen molar-refractivity contribution in [2.24, 2.45) is 23.7 Å². The van der Waals surface area contributed by atoms with E-state index in [2.05, 4.69) is 13.2 Å². The van der Waals surface area contributed by atoms with Crippen molar-refractivity contribution in [3.63, 3.8) is 0 Å². The third-order valence-electron chi connectivity index (χ3n) is 3.00. The summed E-state index contributed by atoms with van der Waals surface area (Å²) in [5.41, 5.74) is 0. The maximum atomic E-state index is 11.5. The number of fused-ring (bicyclic) bond motifs is 2. The quantitative estimate of drug-likeness (QED) is 0.564. The Balaban J connectivity index is 2.39. The number of rotatable bonds is 2. The van der Waals surface area contributed by atoms with Crippen LogP contribution in [0.4, 0.5) is 0 Å². The molecule has 0 aliphatic heterocycles. The van der Waals surface area contributed by atoms with Crippen molar-refractivity contribution in [2.75, 3.05) is 0 Å². The highest BCUT2D eigenvalue weighted by Gasteiger charge is 2.48. The van der Waals surface area contributed by atoms with Crippen molar-refractivity contribution in [3.8, 4) is 0 Å². The second-order valence-electron chi connectivity index (χ2n) is 3.46. The molecule has 2 bridgehead atoms. The predicted octanol–water partition coefficient (Wildman–Crippen LogP) is 1.98. The van der Waals surface area contributed by atoms with E-state index in [1.807, 2.05) is 24.3 Å². The molecule has 1 heteroatoms. The average molecular weight is 160 g/mol. The first-order chi connectivity index (χ1) is 5.79. The van der Waals surface area contributed by atoms with Gasteiger partial charge in [0.2, 0.25) is 0 Å². The van der Waals surface area contributed by atoms with Crippen molar-refractivity contribution in [1.82, 2.24) is 0 Å². The molecule has 0 aromatic carbocycles. The van der Waals surface area contributed by atoms with Crippen LogP contribution < -0.4 is 0 Å². The lowest BCUT2D eigenvalue weighted by Gasteiger charge is -2.19. The van der Waals surface area contributed by atoms with E-state index < -0.39 is 0 Å². The van der Waals surface area contributed by atoms with Crippen LogP contribution in [0, 0.1) is 23.7 Å². The Morgan fingerprint density at radius 3 is 1.83 bits per heavy atom. The van der Waals surface area contributed by atoms with E-state index in [0.717, 1.165) is 0 Å². The zero-order chi connectivity index (χ0) is 8.72. The van der Waals surface area contributed by atoms with Gasteiger partial charge in [-0.15, -0.1) is 13.2 Å². The Hall–Kier alpha value is -1.11. The fourth-order valence-corrected chi connectivity index (χ4v) is 2.37. The summed E-state index contributed by atoms with van der Waals surface area (Å²) in [5.74, 6) is 1.13. The topological polar surface area (TPSA) is 17.1 Å². The van der Waals surface area contributed by atoms with Crippen LogP contribution in [0.15, 0.2) is 37.5 Å². The lowest BCUT2D eigenvalue weighted by atomic mass is 9.83. The first-order valence-electron chi connectivity index (χ1n) is 4.26. The van der Waals surface area contributed by atoms with E-state index in [0.29, 0.717) is 17.6 Å². The molecule has 1 saturated carbocycles. The summed E-state index contributed by atoms with van der Waals surface area (Å²) >= 11 is 0. The smallest absolute Gasteiger partial charge is 0.147 e. The highest BCUT2D eigenvalue weighted by atomic mass is 16.1. The van der Waals surface area contributed by atoms with Crippen LogP contribution in [0.25, 0.3) is 0 Å². The van der Waals surface area contributed by atoms with Crippen molar-refractivity contribution in [2.45, 2.75) is 0 Å². The molecular formula is C11H12O. The molecule has 4 unspecified atom stereocenters. The van der Waals surface area contributed by atoms with Gasteiger partial charge in [-0.05, 0) is 11.8 Å². The van der Waals surface area contributed by atoms with Crippen molar-refractivity contribution < 1.29 is 4.79 Å². The fraction of sp³-hybridized carbons (Fsp3) is 0.364. The van der Waals surface area contributed by atoms with Gasteiger partial charge >= 0.3 is 0 Å². The lowest BCUT2D eigenvalue weighted by Crippen LogP contribution is -2.14. The zero-order valence-corrected chi connectivity index (χ0v) is 6.94. The maximum absolute atomic E-state index is 11.5. The van der Waals surface area contributed by atoms with Gasteiger partial charge in [-0.2, -0.15) is 0 Å². The molecule has 0 radical (unpaired) electrons. The van der Waals surface area contributed by atoms with E-state index in [1.54, 1.807) is 0 Å². The number of hydrogen-bond donors (Lipinski definition) is 0. The molecule has 4 atom stereocenters. The first kappa shape index (κ1) is 7.53. The molecule has 1 fully saturated rings. The van der Waals surface area contributed by atoms with Gasteiger partial charge < -0.3 is 0 Å². The predicted molar refractivity (Wildman–Crippen MR) is 48.5 cm³/mol. The highest BCUT2D eigenvalue weighted by Crippen LogP contribution is 2.46. The second kappa shape index (κ2) is 2.44. The minimum Gasteiger partial charge on any atom is -0.298 e. The largest absolute Gasteiger partial charge is 0.298 e. The molecule has 2 rings (SSSR count). The fourth-order valence-electron chi connectivity index (χ4n) is 2.37. The van der Waals surface area contributed by atoms with Crippen LogP contribution in [-0.4, -0.2) is 5.78 Å². The molecule has 1 nitrogen and oxygen atoms in total. The molecule has 2 aliphatic carbocycles. The molecule has 0 aromatic heterocycles. The van der Waals surface area contributed by atoms with Crippen LogP contribution in [0.3, 0.4) is 0 Å². The van der Waals surface area contributed by atoms with Crippen molar-refractivity contribution >= 4 is 5.78 Å². The summed E-state index contributed by atoms with van der Waals surface area (Å²) in [6.07, 6.45) is 7.80. The molecule has 0 aromatic rings. The number of allylic oxidation sites excluding steroid dienone is 4. The third kappa shape index (κ3) is 0.711. The van der Waals surface area contributed by atoms with Crippen LogP contribution in [0.5, 0.6) is 0 Å². The summed E-state index contributed by atoms with van der Waals surface area (Å²) in [7, 11) is 0. The molecule has 12 heavy (non-hydrogen) atoms. The minimum atomic E-state index is 0.0931. The molecule has 62 valence electrons. The number of carbonyl (C=O) groups excluding carboxylic acids is 1. The summed E-state index contributed by atoms with van der Waals surface area (Å²) in [4.78, 5) is 11.5. The molecule has 0 heterocycles. The van der Waals surface area contributed by atoms with E-state index in [1.165, 1.54) is 0 Å². The number of hydrogen-bond acceptors (Lipinski definition) is 1. The van der Waals surface area contributed by atoms with Crippen LogP contribution >= 0.6 is 0 Å². The minimum absolute atomic E-state index is 0.0931. The number of ketones is 1. The molecule has 0 spiro atoms. The zero-order valence-electron chi connectivity index (χ0n) is 6.94. The van der Waals surface area contributed by atoms with Gasteiger partial charge in [0, 0.05) is 11.8 Å². The lowest BCUT2D eigenvalue weighted by molar-refractivity contribution is -0.121. The van der Waals surface area contributed by atoms with Crippen molar-refractivity contribution in [1.29, 1.82) is 0 Å². The van der Waals surface area contributed by atoms with Gasteiger partial charge in [0.1, 0.15) is 5.78 Å². The Bertz CT molecular complexity index is 249. The number of carbonyl (C=O) groups is 1. The van der Waals surface area contributed by atoms with Gasteiger partial charge in [-0.3, -0.25) is 4.79 Å². The maximum Gasteiger partial charge on any atom is 0.147 e. The Labute approximate surface area is 72.5 Å². The molecule has 0 amide bonds.